The lowest BCUT2D eigenvalue weighted by Gasteiger charge is -2.09. The highest BCUT2D eigenvalue weighted by atomic mass is 35.5. The molecule has 0 aliphatic rings. The van der Waals surface area contributed by atoms with Crippen molar-refractivity contribution in [3.05, 3.63) is 70.7 Å². The van der Waals surface area contributed by atoms with E-state index in [0.717, 1.165) is 5.76 Å². The molecule has 0 fully saturated rings. The van der Waals surface area contributed by atoms with Gasteiger partial charge in [0.1, 0.15) is 11.6 Å². The number of sulfonamides is 1. The number of pyridine rings is 1. The van der Waals surface area contributed by atoms with Crippen molar-refractivity contribution in [3.63, 3.8) is 0 Å². The number of aromatic nitrogens is 1. The van der Waals surface area contributed by atoms with Crippen molar-refractivity contribution in [3.8, 4) is 0 Å². The van der Waals surface area contributed by atoms with E-state index < -0.39 is 10.0 Å². The number of rotatable bonds is 6. The Hall–Kier alpha value is -2.22. The van der Waals surface area contributed by atoms with Crippen molar-refractivity contribution in [1.29, 1.82) is 0 Å². The van der Waals surface area contributed by atoms with Crippen LogP contribution in [0.3, 0.4) is 0 Å². The summed E-state index contributed by atoms with van der Waals surface area (Å²) in [7, 11) is -3.78. The molecule has 1 aromatic carbocycles. The van der Waals surface area contributed by atoms with Crippen LogP contribution in [0.15, 0.2) is 64.2 Å². The van der Waals surface area contributed by atoms with E-state index in [4.69, 9.17) is 27.6 Å². The molecule has 0 saturated heterocycles. The van der Waals surface area contributed by atoms with Gasteiger partial charge in [0.15, 0.2) is 0 Å². The molecule has 0 radical (unpaired) electrons. The summed E-state index contributed by atoms with van der Waals surface area (Å²) in [6.45, 7) is 0.481. The summed E-state index contributed by atoms with van der Waals surface area (Å²) < 4.78 is 32.4. The lowest BCUT2D eigenvalue weighted by atomic mass is 10.4. The Morgan fingerprint density at radius 2 is 1.92 bits per heavy atom. The van der Waals surface area contributed by atoms with Crippen LogP contribution in [0.4, 0.5) is 11.5 Å². The summed E-state index contributed by atoms with van der Waals surface area (Å²) in [5.74, 6) is 1.36. The highest BCUT2D eigenvalue weighted by molar-refractivity contribution is 7.92. The first-order chi connectivity index (χ1) is 11.9. The monoisotopic (exact) mass is 397 g/mol. The van der Waals surface area contributed by atoms with Crippen LogP contribution in [0.2, 0.25) is 10.0 Å². The Morgan fingerprint density at radius 3 is 2.56 bits per heavy atom. The number of hydrogen-bond acceptors (Lipinski definition) is 5. The third-order valence-corrected chi connectivity index (χ3v) is 5.36. The highest BCUT2D eigenvalue weighted by Gasteiger charge is 2.16. The summed E-state index contributed by atoms with van der Waals surface area (Å²) in [6, 6.07) is 11.0. The molecule has 9 heteroatoms. The lowest BCUT2D eigenvalue weighted by Crippen LogP contribution is -2.13. The van der Waals surface area contributed by atoms with Crippen LogP contribution in [-0.2, 0) is 16.6 Å². The van der Waals surface area contributed by atoms with E-state index in [1.54, 1.807) is 24.5 Å². The van der Waals surface area contributed by atoms with E-state index in [9.17, 15) is 8.42 Å². The molecule has 130 valence electrons. The van der Waals surface area contributed by atoms with Crippen molar-refractivity contribution in [2.75, 3.05) is 10.0 Å². The van der Waals surface area contributed by atoms with Crippen molar-refractivity contribution in [1.82, 2.24) is 4.98 Å². The largest absolute Gasteiger partial charge is 0.467 e. The average molecular weight is 398 g/mol. The van der Waals surface area contributed by atoms with E-state index in [-0.39, 0.29) is 14.9 Å². The van der Waals surface area contributed by atoms with E-state index in [1.807, 2.05) is 6.07 Å². The molecule has 6 nitrogen and oxygen atoms in total. The van der Waals surface area contributed by atoms with Gasteiger partial charge < -0.3 is 9.73 Å². The highest BCUT2D eigenvalue weighted by Crippen LogP contribution is 2.26. The predicted molar refractivity (Wildman–Crippen MR) is 97.5 cm³/mol. The zero-order chi connectivity index (χ0) is 17.9. The first-order valence-electron chi connectivity index (χ1n) is 7.14. The zero-order valence-corrected chi connectivity index (χ0v) is 15.1. The lowest BCUT2D eigenvalue weighted by molar-refractivity contribution is 0.518. The molecule has 0 bridgehead atoms. The summed E-state index contributed by atoms with van der Waals surface area (Å²) in [6.07, 6.45) is 3.00. The third kappa shape index (κ3) is 4.45. The molecule has 2 heterocycles. The number of nitrogens with one attached hydrogen (secondary N) is 2. The standard InChI is InChI=1S/C16H13Cl2N3O3S/c17-14-5-4-13(8-15(14)18)25(22,23)21-11-3-6-16(19-9-11)20-10-12-2-1-7-24-12/h1-9,21H,10H2,(H,19,20). The quantitative estimate of drug-likeness (QED) is 0.643. The molecule has 0 aliphatic heterocycles. The summed E-state index contributed by atoms with van der Waals surface area (Å²) >= 11 is 11.7. The van der Waals surface area contributed by atoms with Gasteiger partial charge in [-0.3, -0.25) is 4.72 Å². The van der Waals surface area contributed by atoms with Crippen LogP contribution < -0.4 is 10.0 Å². The Balaban J connectivity index is 1.68. The Kier molecular flexibility index (Phi) is 5.17. The Bertz CT molecular complexity index is 959. The van der Waals surface area contributed by atoms with E-state index in [0.29, 0.717) is 18.1 Å². The van der Waals surface area contributed by atoms with Crippen LogP contribution in [-0.4, -0.2) is 13.4 Å². The maximum atomic E-state index is 12.4. The topological polar surface area (TPSA) is 84.2 Å². The maximum Gasteiger partial charge on any atom is 0.261 e. The molecular formula is C16H13Cl2N3O3S. The minimum absolute atomic E-state index is 0.0157. The van der Waals surface area contributed by atoms with Crippen LogP contribution >= 0.6 is 23.2 Å². The van der Waals surface area contributed by atoms with Gasteiger partial charge in [0.2, 0.25) is 0 Å². The summed E-state index contributed by atoms with van der Waals surface area (Å²) in [5.41, 5.74) is 0.328. The fourth-order valence-electron chi connectivity index (χ4n) is 2.01. The van der Waals surface area contributed by atoms with Crippen LogP contribution in [0, 0.1) is 0 Å². The zero-order valence-electron chi connectivity index (χ0n) is 12.7. The summed E-state index contributed by atoms with van der Waals surface area (Å²) in [5, 5.41) is 3.52. The number of hydrogen-bond donors (Lipinski definition) is 2. The number of furan rings is 1. The van der Waals surface area contributed by atoms with Gasteiger partial charge in [-0.05, 0) is 42.5 Å². The van der Waals surface area contributed by atoms with Gasteiger partial charge >= 0.3 is 0 Å². The van der Waals surface area contributed by atoms with Crippen LogP contribution in [0.25, 0.3) is 0 Å². The average Bonchev–Trinajstić information content (AvgIpc) is 3.10. The van der Waals surface area contributed by atoms with Crippen molar-refractivity contribution in [2.24, 2.45) is 0 Å². The first kappa shape index (κ1) is 17.6. The van der Waals surface area contributed by atoms with Gasteiger partial charge in [-0.2, -0.15) is 0 Å². The van der Waals surface area contributed by atoms with Crippen LogP contribution in [0.5, 0.6) is 0 Å². The molecule has 0 amide bonds. The van der Waals surface area contributed by atoms with Crippen LogP contribution in [0.1, 0.15) is 5.76 Å². The van der Waals surface area contributed by atoms with Crippen molar-refractivity contribution in [2.45, 2.75) is 11.4 Å². The number of anilines is 2. The number of nitrogens with zero attached hydrogens (tertiary/aromatic N) is 1. The van der Waals surface area contributed by atoms with E-state index in [2.05, 4.69) is 15.0 Å². The molecule has 2 aromatic heterocycles. The van der Waals surface area contributed by atoms with Gasteiger partial charge in [-0.15, -0.1) is 0 Å². The molecule has 0 spiro atoms. The second-order valence-electron chi connectivity index (χ2n) is 5.05. The molecule has 3 rings (SSSR count). The molecule has 0 unspecified atom stereocenters. The molecule has 3 aromatic rings. The van der Waals surface area contributed by atoms with E-state index >= 15 is 0 Å². The van der Waals surface area contributed by atoms with Gasteiger partial charge in [0, 0.05) is 0 Å². The van der Waals surface area contributed by atoms with Crippen molar-refractivity contribution < 1.29 is 12.8 Å². The smallest absolute Gasteiger partial charge is 0.261 e. The SMILES string of the molecule is O=S(=O)(Nc1ccc(NCc2ccco2)nc1)c1ccc(Cl)c(Cl)c1. The molecular weight excluding hydrogens is 385 g/mol. The second-order valence-corrected chi connectivity index (χ2v) is 7.54. The molecule has 0 atom stereocenters. The number of benzene rings is 1. The number of halogens is 2. The predicted octanol–water partition coefficient (Wildman–Crippen LogP) is 4.39. The summed E-state index contributed by atoms with van der Waals surface area (Å²) in [4.78, 5) is 4.18. The van der Waals surface area contributed by atoms with Gasteiger partial charge in [-0.1, -0.05) is 23.2 Å². The maximum absolute atomic E-state index is 12.4. The normalized spacial score (nSPS) is 11.3. The fraction of sp³-hybridized carbons (Fsp3) is 0.0625. The molecule has 25 heavy (non-hydrogen) atoms. The first-order valence-corrected chi connectivity index (χ1v) is 9.38. The van der Waals surface area contributed by atoms with Gasteiger partial charge in [0.05, 0.1) is 39.6 Å². The molecule has 0 saturated carbocycles. The van der Waals surface area contributed by atoms with Gasteiger partial charge in [0.25, 0.3) is 10.0 Å². The molecule has 0 aliphatic carbocycles. The third-order valence-electron chi connectivity index (χ3n) is 3.24. The minimum Gasteiger partial charge on any atom is -0.467 e. The van der Waals surface area contributed by atoms with E-state index in [1.165, 1.54) is 24.4 Å². The Labute approximate surface area is 154 Å². The minimum atomic E-state index is -3.78. The fourth-order valence-corrected chi connectivity index (χ4v) is 3.44. The second kappa shape index (κ2) is 7.35. The molecule has 2 N–H and O–H groups in total. The van der Waals surface area contributed by atoms with Crippen molar-refractivity contribution >= 4 is 44.7 Å². The Morgan fingerprint density at radius 1 is 1.08 bits per heavy atom. The van der Waals surface area contributed by atoms with Gasteiger partial charge in [-0.25, -0.2) is 13.4 Å².